The number of ether oxygens (including phenoxy) is 1. The fraction of sp³-hybridized carbons (Fsp3) is 0.444. The minimum absolute atomic E-state index is 0.0634. The van der Waals surface area contributed by atoms with Crippen molar-refractivity contribution < 1.29 is 13.5 Å². The highest BCUT2D eigenvalue weighted by Crippen LogP contribution is 2.27. The van der Waals surface area contributed by atoms with Crippen molar-refractivity contribution in [2.24, 2.45) is 0 Å². The summed E-state index contributed by atoms with van der Waals surface area (Å²) in [5.74, 6) is -0.0315. The third-order valence-corrected chi connectivity index (χ3v) is 1.89. The van der Waals surface area contributed by atoms with Gasteiger partial charge in [0.1, 0.15) is 5.15 Å². The molecular weight excluding hydrogens is 212 g/mol. The van der Waals surface area contributed by atoms with Gasteiger partial charge in [-0.25, -0.2) is 4.98 Å². The summed E-state index contributed by atoms with van der Waals surface area (Å²) in [7, 11) is 0. The largest absolute Gasteiger partial charge is 0.417 e. The Morgan fingerprint density at radius 3 is 2.50 bits per heavy atom. The zero-order valence-electron chi connectivity index (χ0n) is 7.80. The number of aromatic nitrogens is 1. The van der Waals surface area contributed by atoms with E-state index in [4.69, 9.17) is 11.6 Å². The van der Waals surface area contributed by atoms with Gasteiger partial charge in [-0.15, -0.1) is 0 Å². The van der Waals surface area contributed by atoms with E-state index in [9.17, 15) is 8.78 Å². The minimum atomic E-state index is -2.88. The molecule has 1 heterocycles. The van der Waals surface area contributed by atoms with Gasteiger partial charge < -0.3 is 4.74 Å². The smallest absolute Gasteiger partial charge is 0.388 e. The lowest BCUT2D eigenvalue weighted by molar-refractivity contribution is -0.0535. The highest BCUT2D eigenvalue weighted by molar-refractivity contribution is 6.29. The van der Waals surface area contributed by atoms with Crippen LogP contribution >= 0.6 is 11.6 Å². The Hall–Kier alpha value is -0.900. The molecule has 78 valence electrons. The molecule has 1 aromatic heterocycles. The number of hydrogen-bond donors (Lipinski definition) is 0. The average molecular weight is 222 g/mol. The quantitative estimate of drug-likeness (QED) is 0.730. The summed E-state index contributed by atoms with van der Waals surface area (Å²) in [5.41, 5.74) is 0.620. The molecule has 0 saturated carbocycles. The Labute approximate surface area is 85.9 Å². The first kappa shape index (κ1) is 11.2. The summed E-state index contributed by atoms with van der Waals surface area (Å²) in [6, 6.07) is 3.19. The van der Waals surface area contributed by atoms with Crippen LogP contribution in [0.15, 0.2) is 12.1 Å². The van der Waals surface area contributed by atoms with E-state index in [1.807, 2.05) is 13.8 Å². The lowest BCUT2D eigenvalue weighted by atomic mass is 10.1. The van der Waals surface area contributed by atoms with Crippen molar-refractivity contribution in [1.29, 1.82) is 0 Å². The van der Waals surface area contributed by atoms with Gasteiger partial charge in [-0.05, 0) is 12.0 Å². The van der Waals surface area contributed by atoms with E-state index in [0.717, 1.165) is 0 Å². The Bertz CT molecular complexity index is 318. The van der Waals surface area contributed by atoms with E-state index in [-0.39, 0.29) is 17.0 Å². The van der Waals surface area contributed by atoms with Gasteiger partial charge in [-0.1, -0.05) is 31.5 Å². The fourth-order valence-electron chi connectivity index (χ4n) is 1.05. The van der Waals surface area contributed by atoms with Crippen LogP contribution in [0, 0.1) is 0 Å². The van der Waals surface area contributed by atoms with Gasteiger partial charge in [0.25, 0.3) is 0 Å². The molecular formula is C9H10ClF2NO. The van der Waals surface area contributed by atoms with Crippen molar-refractivity contribution >= 4 is 11.6 Å². The molecule has 0 aromatic carbocycles. The zero-order valence-corrected chi connectivity index (χ0v) is 8.55. The topological polar surface area (TPSA) is 22.1 Å². The summed E-state index contributed by atoms with van der Waals surface area (Å²) in [4.78, 5) is 3.70. The minimum Gasteiger partial charge on any atom is -0.417 e. The second-order valence-corrected chi connectivity index (χ2v) is 3.45. The van der Waals surface area contributed by atoms with Crippen LogP contribution in [0.5, 0.6) is 5.88 Å². The molecule has 1 aromatic rings. The molecule has 0 radical (unpaired) electrons. The van der Waals surface area contributed by atoms with Gasteiger partial charge in [0.05, 0.1) is 0 Å². The van der Waals surface area contributed by atoms with E-state index in [0.29, 0.717) is 5.56 Å². The number of hydrogen-bond acceptors (Lipinski definition) is 2. The van der Waals surface area contributed by atoms with Gasteiger partial charge in [-0.3, -0.25) is 0 Å². The molecule has 14 heavy (non-hydrogen) atoms. The molecule has 0 spiro atoms. The fourth-order valence-corrected chi connectivity index (χ4v) is 1.19. The summed E-state index contributed by atoms with van der Waals surface area (Å²) in [6.45, 7) is 0.852. The van der Waals surface area contributed by atoms with Crippen LogP contribution in [0.1, 0.15) is 25.3 Å². The lowest BCUT2D eigenvalue weighted by Gasteiger charge is -2.11. The molecule has 5 heteroatoms. The summed E-state index contributed by atoms with van der Waals surface area (Å²) < 4.78 is 28.2. The maximum absolute atomic E-state index is 12.0. The lowest BCUT2D eigenvalue weighted by Crippen LogP contribution is -2.07. The van der Waals surface area contributed by atoms with Crippen molar-refractivity contribution in [3.63, 3.8) is 0 Å². The van der Waals surface area contributed by atoms with Gasteiger partial charge >= 0.3 is 6.61 Å². The second-order valence-electron chi connectivity index (χ2n) is 3.06. The van der Waals surface area contributed by atoms with Crippen molar-refractivity contribution in [2.75, 3.05) is 0 Å². The molecule has 0 atom stereocenters. The molecule has 0 aliphatic carbocycles. The number of pyridine rings is 1. The molecule has 0 unspecified atom stereocenters. The first-order chi connectivity index (χ1) is 6.50. The molecule has 0 aliphatic rings. The monoisotopic (exact) mass is 221 g/mol. The second kappa shape index (κ2) is 4.55. The Morgan fingerprint density at radius 1 is 1.36 bits per heavy atom. The number of halogens is 3. The van der Waals surface area contributed by atoms with Gasteiger partial charge in [-0.2, -0.15) is 8.78 Å². The highest BCUT2D eigenvalue weighted by Gasteiger charge is 2.14. The normalized spacial score (nSPS) is 11.1. The maximum Gasteiger partial charge on any atom is 0.388 e. The summed E-state index contributed by atoms with van der Waals surface area (Å²) >= 11 is 5.57. The van der Waals surface area contributed by atoms with Crippen LogP contribution in [0.25, 0.3) is 0 Å². The van der Waals surface area contributed by atoms with Crippen LogP contribution in [-0.2, 0) is 0 Å². The Balaban J connectivity index is 3.03. The van der Waals surface area contributed by atoms with E-state index >= 15 is 0 Å². The van der Waals surface area contributed by atoms with Crippen LogP contribution in [-0.4, -0.2) is 11.6 Å². The number of alkyl halides is 2. The van der Waals surface area contributed by atoms with Gasteiger partial charge in [0.2, 0.25) is 5.88 Å². The molecule has 1 rings (SSSR count). The summed E-state index contributed by atoms with van der Waals surface area (Å²) in [6.07, 6.45) is 0. The third kappa shape index (κ3) is 2.80. The molecule has 0 saturated heterocycles. The van der Waals surface area contributed by atoms with Gasteiger partial charge in [0.15, 0.2) is 0 Å². The van der Waals surface area contributed by atoms with Crippen LogP contribution in [0.3, 0.4) is 0 Å². The van der Waals surface area contributed by atoms with Crippen LogP contribution in [0.2, 0.25) is 5.15 Å². The van der Waals surface area contributed by atoms with Gasteiger partial charge in [0, 0.05) is 5.56 Å². The van der Waals surface area contributed by atoms with E-state index in [1.54, 1.807) is 12.1 Å². The van der Waals surface area contributed by atoms with Crippen molar-refractivity contribution in [2.45, 2.75) is 26.4 Å². The maximum atomic E-state index is 12.0. The highest BCUT2D eigenvalue weighted by atomic mass is 35.5. The first-order valence-electron chi connectivity index (χ1n) is 4.12. The predicted molar refractivity (Wildman–Crippen MR) is 50.0 cm³/mol. The SMILES string of the molecule is CC(C)c1ccc(Cl)nc1OC(F)F. The van der Waals surface area contributed by atoms with E-state index in [1.165, 1.54) is 0 Å². The average Bonchev–Trinajstić information content (AvgIpc) is 2.01. The molecule has 2 nitrogen and oxygen atoms in total. The molecule has 0 aliphatic heterocycles. The van der Waals surface area contributed by atoms with Crippen LogP contribution in [0.4, 0.5) is 8.78 Å². The predicted octanol–water partition coefficient (Wildman–Crippen LogP) is 3.46. The zero-order chi connectivity index (χ0) is 10.7. The third-order valence-electron chi connectivity index (χ3n) is 1.68. The molecule has 0 amide bonds. The van der Waals surface area contributed by atoms with Crippen molar-refractivity contribution in [1.82, 2.24) is 4.98 Å². The van der Waals surface area contributed by atoms with E-state index < -0.39 is 6.61 Å². The Kier molecular flexibility index (Phi) is 3.63. The number of nitrogens with zero attached hydrogens (tertiary/aromatic N) is 1. The molecule has 0 fully saturated rings. The molecule has 0 N–H and O–H groups in total. The first-order valence-corrected chi connectivity index (χ1v) is 4.49. The van der Waals surface area contributed by atoms with Crippen molar-refractivity contribution in [3.05, 3.63) is 22.8 Å². The van der Waals surface area contributed by atoms with Crippen LogP contribution < -0.4 is 4.74 Å². The molecule has 0 bridgehead atoms. The van der Waals surface area contributed by atoms with Crippen molar-refractivity contribution in [3.8, 4) is 5.88 Å². The Morgan fingerprint density at radius 2 is 2.00 bits per heavy atom. The number of rotatable bonds is 3. The summed E-state index contributed by atoms with van der Waals surface area (Å²) in [5, 5.41) is 0.144. The van der Waals surface area contributed by atoms with E-state index in [2.05, 4.69) is 9.72 Å². The standard InChI is InChI=1S/C9H10ClF2NO/c1-5(2)6-3-4-7(10)13-8(6)14-9(11)12/h3-5,9H,1-2H3.